The van der Waals surface area contributed by atoms with Gasteiger partial charge in [0, 0.05) is 5.75 Å². The molecule has 24 heavy (non-hydrogen) atoms. The number of amides is 1. The minimum Gasteiger partial charge on any atom is -0.459 e. The molecular weight excluding hydrogens is 344 g/mol. The van der Waals surface area contributed by atoms with Gasteiger partial charge in [0.05, 0.1) is 0 Å². The molecule has 0 aliphatic carbocycles. The van der Waals surface area contributed by atoms with E-state index < -0.39 is 12.1 Å². The molecule has 1 fully saturated rings. The number of benzene rings is 1. The summed E-state index contributed by atoms with van der Waals surface area (Å²) in [7, 11) is 0. The summed E-state index contributed by atoms with van der Waals surface area (Å²) in [6, 6.07) is 8.34. The van der Waals surface area contributed by atoms with Crippen LogP contribution in [0.5, 0.6) is 0 Å². The Morgan fingerprint density at radius 3 is 2.83 bits per heavy atom. The number of hydrogen-bond acceptors (Lipinski definition) is 6. The lowest BCUT2D eigenvalue weighted by Gasteiger charge is -2.50. The molecule has 7 heteroatoms. The number of esters is 1. The summed E-state index contributed by atoms with van der Waals surface area (Å²) < 4.78 is 5.48. The number of rotatable bonds is 6. The first kappa shape index (κ1) is 17.4. The Labute approximate surface area is 150 Å². The van der Waals surface area contributed by atoms with Gasteiger partial charge in [-0.2, -0.15) is 11.8 Å². The summed E-state index contributed by atoms with van der Waals surface area (Å²) in [6.07, 6.45) is 0. The number of carbonyl (C=O) groups is 2. The second-order valence-corrected chi connectivity index (χ2v) is 7.89. The van der Waals surface area contributed by atoms with Gasteiger partial charge in [0.2, 0.25) is 5.91 Å². The highest BCUT2D eigenvalue weighted by Gasteiger charge is 2.53. The highest BCUT2D eigenvalue weighted by molar-refractivity contribution is 8.03. The quantitative estimate of drug-likeness (QED) is 0.615. The van der Waals surface area contributed by atoms with Crippen LogP contribution in [0, 0.1) is 0 Å². The third kappa shape index (κ3) is 3.34. The minimum atomic E-state index is -0.647. The lowest BCUT2D eigenvalue weighted by Crippen LogP contribution is -2.72. The van der Waals surface area contributed by atoms with Crippen molar-refractivity contribution in [2.24, 2.45) is 5.73 Å². The van der Waals surface area contributed by atoms with E-state index in [1.165, 1.54) is 11.8 Å². The summed E-state index contributed by atoms with van der Waals surface area (Å²) in [5.74, 6) is 1.10. The molecule has 2 aliphatic heterocycles. The van der Waals surface area contributed by atoms with Crippen molar-refractivity contribution in [3.8, 4) is 0 Å². The molecule has 5 nitrogen and oxygen atoms in total. The highest BCUT2D eigenvalue weighted by atomic mass is 32.2. The molecule has 0 aromatic heterocycles. The second-order valence-electron chi connectivity index (χ2n) is 5.62. The number of thioether (sulfide) groups is 2. The normalized spacial score (nSPS) is 25.6. The third-order valence-corrected chi connectivity index (χ3v) is 6.21. The van der Waals surface area contributed by atoms with Crippen LogP contribution >= 0.6 is 23.5 Å². The second kappa shape index (κ2) is 7.63. The summed E-state index contributed by atoms with van der Waals surface area (Å²) in [4.78, 5) is 26.4. The Morgan fingerprint density at radius 1 is 1.38 bits per heavy atom. The number of ether oxygens (including phenoxy) is 1. The summed E-state index contributed by atoms with van der Waals surface area (Å²) >= 11 is 3.24. The van der Waals surface area contributed by atoms with Crippen LogP contribution in [0.4, 0.5) is 0 Å². The van der Waals surface area contributed by atoms with E-state index in [2.05, 4.69) is 6.92 Å². The zero-order valence-corrected chi connectivity index (χ0v) is 15.0. The predicted octanol–water partition coefficient (Wildman–Crippen LogP) is 1.98. The topological polar surface area (TPSA) is 72.6 Å². The molecule has 2 unspecified atom stereocenters. The monoisotopic (exact) mass is 364 g/mol. The van der Waals surface area contributed by atoms with Gasteiger partial charge in [-0.25, -0.2) is 4.79 Å². The lowest BCUT2D eigenvalue weighted by atomic mass is 9.99. The summed E-state index contributed by atoms with van der Waals surface area (Å²) in [5, 5.41) is 1.81. The smallest absolute Gasteiger partial charge is 0.333 e. The third-order valence-electron chi connectivity index (χ3n) is 4.03. The van der Waals surface area contributed by atoms with Gasteiger partial charge in [0.1, 0.15) is 18.0 Å². The van der Waals surface area contributed by atoms with Gasteiger partial charge in [-0.05, 0) is 22.3 Å². The molecule has 1 aromatic carbocycles. The SMILES string of the molecule is CCSCC1=CS[C@H]2C(N)C(=O)N2C1C(=O)OCc1ccccc1. The number of fused-ring (bicyclic) bond motifs is 1. The molecule has 0 bridgehead atoms. The van der Waals surface area contributed by atoms with Gasteiger partial charge in [-0.1, -0.05) is 37.3 Å². The average molecular weight is 364 g/mol. The van der Waals surface area contributed by atoms with E-state index in [1.54, 1.807) is 16.7 Å². The van der Waals surface area contributed by atoms with E-state index in [0.717, 1.165) is 16.9 Å². The Kier molecular flexibility index (Phi) is 5.53. The van der Waals surface area contributed by atoms with Crippen molar-refractivity contribution in [3.63, 3.8) is 0 Å². The lowest BCUT2D eigenvalue weighted by molar-refractivity contribution is -0.162. The molecule has 1 aromatic rings. The molecule has 2 N–H and O–H groups in total. The van der Waals surface area contributed by atoms with Gasteiger partial charge in [0.15, 0.2) is 6.04 Å². The number of β-lactam (4-membered cyclic amide) rings is 1. The van der Waals surface area contributed by atoms with Crippen LogP contribution in [0.15, 0.2) is 41.3 Å². The first-order valence-electron chi connectivity index (χ1n) is 7.84. The number of carbonyl (C=O) groups excluding carboxylic acids is 2. The Bertz CT molecular complexity index is 650. The molecule has 2 heterocycles. The van der Waals surface area contributed by atoms with Crippen molar-refractivity contribution < 1.29 is 14.3 Å². The van der Waals surface area contributed by atoms with Crippen LogP contribution in [0.3, 0.4) is 0 Å². The number of nitrogens with two attached hydrogens (primary N) is 1. The maximum atomic E-state index is 12.7. The van der Waals surface area contributed by atoms with E-state index in [4.69, 9.17) is 10.5 Å². The average Bonchev–Trinajstić information content (AvgIpc) is 2.63. The zero-order valence-electron chi connectivity index (χ0n) is 13.4. The first-order valence-corrected chi connectivity index (χ1v) is 9.93. The maximum Gasteiger partial charge on any atom is 0.333 e. The van der Waals surface area contributed by atoms with Gasteiger partial charge in [-0.15, -0.1) is 11.8 Å². The summed E-state index contributed by atoms with van der Waals surface area (Å²) in [6.45, 7) is 2.27. The Morgan fingerprint density at radius 2 is 2.12 bits per heavy atom. The Hall–Kier alpha value is -1.44. The molecule has 3 atom stereocenters. The molecule has 128 valence electrons. The van der Waals surface area contributed by atoms with E-state index in [0.29, 0.717) is 5.75 Å². The standard InChI is InChI=1S/C17H20N2O3S2/c1-2-23-9-12-10-24-16-13(18)15(20)19(16)14(12)17(21)22-8-11-6-4-3-5-7-11/h3-7,10,13-14,16H,2,8-9,18H2,1H3/t13?,14?,16-/m0/s1. The van der Waals surface area contributed by atoms with E-state index >= 15 is 0 Å². The molecule has 2 aliphatic rings. The van der Waals surface area contributed by atoms with Crippen molar-refractivity contribution in [3.05, 3.63) is 46.9 Å². The van der Waals surface area contributed by atoms with Gasteiger partial charge < -0.3 is 15.4 Å². The maximum absolute atomic E-state index is 12.7. The van der Waals surface area contributed by atoms with Crippen molar-refractivity contribution in [1.29, 1.82) is 0 Å². The molecule has 0 spiro atoms. The van der Waals surface area contributed by atoms with Crippen molar-refractivity contribution >= 4 is 35.4 Å². The van der Waals surface area contributed by atoms with Crippen LogP contribution < -0.4 is 5.73 Å². The van der Waals surface area contributed by atoms with Gasteiger partial charge >= 0.3 is 5.97 Å². The zero-order chi connectivity index (χ0) is 17.1. The fraction of sp³-hybridized carbons (Fsp3) is 0.412. The van der Waals surface area contributed by atoms with Gasteiger partial charge in [0.25, 0.3) is 0 Å². The summed E-state index contributed by atoms with van der Waals surface area (Å²) in [5.41, 5.74) is 7.69. The van der Waals surface area contributed by atoms with Crippen molar-refractivity contribution in [2.45, 2.75) is 31.0 Å². The molecule has 0 radical (unpaired) electrons. The fourth-order valence-corrected chi connectivity index (χ4v) is 4.70. The largest absolute Gasteiger partial charge is 0.459 e. The first-order chi connectivity index (χ1) is 11.6. The highest BCUT2D eigenvalue weighted by Crippen LogP contribution is 2.40. The molecular formula is C17H20N2O3S2. The van der Waals surface area contributed by atoms with Crippen LogP contribution in [-0.2, 0) is 20.9 Å². The van der Waals surface area contributed by atoms with Crippen molar-refractivity contribution in [1.82, 2.24) is 4.90 Å². The molecule has 1 saturated heterocycles. The van der Waals surface area contributed by atoms with Crippen LogP contribution in [0.1, 0.15) is 12.5 Å². The van der Waals surface area contributed by atoms with Gasteiger partial charge in [-0.3, -0.25) is 4.79 Å². The van der Waals surface area contributed by atoms with Crippen molar-refractivity contribution in [2.75, 3.05) is 11.5 Å². The van der Waals surface area contributed by atoms with E-state index in [9.17, 15) is 9.59 Å². The van der Waals surface area contributed by atoms with E-state index in [-0.39, 0.29) is 23.9 Å². The molecule has 0 saturated carbocycles. The number of nitrogens with zero attached hydrogens (tertiary/aromatic N) is 1. The van der Waals surface area contributed by atoms with E-state index in [1.807, 2.05) is 35.7 Å². The Balaban J connectivity index is 1.73. The van der Waals surface area contributed by atoms with Crippen LogP contribution in [0.25, 0.3) is 0 Å². The fourth-order valence-electron chi connectivity index (χ4n) is 2.74. The minimum absolute atomic E-state index is 0.165. The number of hydrogen-bond donors (Lipinski definition) is 1. The van der Waals surface area contributed by atoms with Crippen LogP contribution in [-0.4, -0.2) is 45.7 Å². The predicted molar refractivity (Wildman–Crippen MR) is 97.3 cm³/mol. The van der Waals surface area contributed by atoms with Crippen LogP contribution in [0.2, 0.25) is 0 Å². The molecule has 1 amide bonds. The molecule has 3 rings (SSSR count).